The third-order valence-corrected chi connectivity index (χ3v) is 4.90. The van der Waals surface area contributed by atoms with Crippen LogP contribution in [0.3, 0.4) is 0 Å². The predicted molar refractivity (Wildman–Crippen MR) is 91.3 cm³/mol. The lowest BCUT2D eigenvalue weighted by atomic mass is 9.82. The molecule has 0 unspecified atom stereocenters. The summed E-state index contributed by atoms with van der Waals surface area (Å²) in [5, 5.41) is 3.64. The Morgan fingerprint density at radius 2 is 1.62 bits per heavy atom. The Kier molecular flexibility index (Phi) is 7.25. The zero-order valence-electron chi connectivity index (χ0n) is 13.6. The molecule has 1 saturated carbocycles. The minimum atomic E-state index is 0.789. The van der Waals surface area contributed by atoms with E-state index in [2.05, 4.69) is 36.5 Å². The molecular weight excluding hydrogens is 256 g/mol. The zero-order valence-corrected chi connectivity index (χ0v) is 13.6. The van der Waals surface area contributed by atoms with Gasteiger partial charge in [-0.05, 0) is 74.6 Å². The summed E-state index contributed by atoms with van der Waals surface area (Å²) in [5.74, 6) is 1.65. The lowest BCUT2D eigenvalue weighted by molar-refractivity contribution is 0.272. The monoisotopic (exact) mass is 288 g/mol. The van der Waals surface area contributed by atoms with E-state index in [0.717, 1.165) is 31.5 Å². The summed E-state index contributed by atoms with van der Waals surface area (Å²) in [7, 11) is 0. The molecule has 0 aromatic heterocycles. The second-order valence-electron chi connectivity index (χ2n) is 6.67. The Morgan fingerprint density at radius 3 is 2.24 bits per heavy atom. The van der Waals surface area contributed by atoms with E-state index in [1.54, 1.807) is 0 Å². The first-order valence-electron chi connectivity index (χ1n) is 8.80. The number of nitrogens with two attached hydrogens (primary N) is 1. The predicted octanol–water partition coefficient (Wildman–Crippen LogP) is 3.88. The quantitative estimate of drug-likeness (QED) is 0.762. The van der Waals surface area contributed by atoms with Crippen molar-refractivity contribution in [2.45, 2.75) is 58.4 Å². The molecule has 2 heteroatoms. The van der Waals surface area contributed by atoms with Gasteiger partial charge >= 0.3 is 0 Å². The number of nitrogens with one attached hydrogen (secondary N) is 1. The number of aryl methyl sites for hydroxylation is 1. The van der Waals surface area contributed by atoms with Gasteiger partial charge in [0.15, 0.2) is 0 Å². The molecule has 0 amide bonds. The Bertz CT molecular complexity index is 377. The number of hydrogen-bond donors (Lipinski definition) is 2. The standard InChI is InChI=1S/C19H32N2/c1-2-3-4-16-5-9-18(10-6-16)14-21-15-19-11-7-17(13-20)8-12-19/h5-6,9-10,17,19,21H,2-4,7-8,11-15,20H2,1H3. The maximum Gasteiger partial charge on any atom is 0.0205 e. The summed E-state index contributed by atoms with van der Waals surface area (Å²) in [5.41, 5.74) is 8.63. The minimum Gasteiger partial charge on any atom is -0.330 e. The molecule has 1 aromatic rings. The zero-order chi connectivity index (χ0) is 14.9. The van der Waals surface area contributed by atoms with Crippen molar-refractivity contribution in [3.8, 4) is 0 Å². The molecule has 2 rings (SSSR count). The van der Waals surface area contributed by atoms with Crippen molar-refractivity contribution >= 4 is 0 Å². The molecule has 0 heterocycles. The van der Waals surface area contributed by atoms with Gasteiger partial charge in [-0.2, -0.15) is 0 Å². The third kappa shape index (κ3) is 5.80. The van der Waals surface area contributed by atoms with E-state index >= 15 is 0 Å². The summed E-state index contributed by atoms with van der Waals surface area (Å²) in [6.45, 7) is 5.30. The number of unbranched alkanes of at least 4 members (excludes halogenated alkanes) is 1. The lowest BCUT2D eigenvalue weighted by Gasteiger charge is -2.27. The summed E-state index contributed by atoms with van der Waals surface area (Å²) in [6, 6.07) is 9.14. The highest BCUT2D eigenvalue weighted by Crippen LogP contribution is 2.27. The maximum atomic E-state index is 5.75. The van der Waals surface area contributed by atoms with Crippen LogP contribution >= 0.6 is 0 Å². The van der Waals surface area contributed by atoms with E-state index in [9.17, 15) is 0 Å². The van der Waals surface area contributed by atoms with Crippen molar-refractivity contribution in [3.05, 3.63) is 35.4 Å². The smallest absolute Gasteiger partial charge is 0.0205 e. The van der Waals surface area contributed by atoms with Crippen molar-refractivity contribution in [2.24, 2.45) is 17.6 Å². The fraction of sp³-hybridized carbons (Fsp3) is 0.684. The fourth-order valence-electron chi connectivity index (χ4n) is 3.30. The molecule has 1 aliphatic carbocycles. The van der Waals surface area contributed by atoms with E-state index in [1.165, 1.54) is 56.1 Å². The topological polar surface area (TPSA) is 38.0 Å². The summed E-state index contributed by atoms with van der Waals surface area (Å²) >= 11 is 0. The van der Waals surface area contributed by atoms with Crippen LogP contribution < -0.4 is 11.1 Å². The molecule has 0 spiro atoms. The lowest BCUT2D eigenvalue weighted by Crippen LogP contribution is -2.28. The van der Waals surface area contributed by atoms with Gasteiger partial charge in [-0.25, -0.2) is 0 Å². The van der Waals surface area contributed by atoms with Gasteiger partial charge in [0, 0.05) is 6.54 Å². The van der Waals surface area contributed by atoms with E-state index in [-0.39, 0.29) is 0 Å². The Labute approximate surface area is 130 Å². The van der Waals surface area contributed by atoms with E-state index in [1.807, 2.05) is 0 Å². The number of benzene rings is 1. The maximum absolute atomic E-state index is 5.75. The van der Waals surface area contributed by atoms with Gasteiger partial charge in [0.2, 0.25) is 0 Å². The van der Waals surface area contributed by atoms with Gasteiger partial charge in [0.05, 0.1) is 0 Å². The molecule has 1 fully saturated rings. The van der Waals surface area contributed by atoms with Crippen molar-refractivity contribution < 1.29 is 0 Å². The van der Waals surface area contributed by atoms with Crippen molar-refractivity contribution in [2.75, 3.05) is 13.1 Å². The third-order valence-electron chi connectivity index (χ3n) is 4.90. The molecule has 2 nitrogen and oxygen atoms in total. The van der Waals surface area contributed by atoms with Gasteiger partial charge in [-0.3, -0.25) is 0 Å². The van der Waals surface area contributed by atoms with Crippen molar-refractivity contribution in [1.82, 2.24) is 5.32 Å². The van der Waals surface area contributed by atoms with Crippen molar-refractivity contribution in [1.29, 1.82) is 0 Å². The van der Waals surface area contributed by atoms with Crippen LogP contribution in [0.2, 0.25) is 0 Å². The average molecular weight is 288 g/mol. The molecule has 0 radical (unpaired) electrons. The molecule has 0 saturated heterocycles. The van der Waals surface area contributed by atoms with Crippen LogP contribution in [0.4, 0.5) is 0 Å². The SMILES string of the molecule is CCCCc1ccc(CNCC2CCC(CN)CC2)cc1. The van der Waals surface area contributed by atoms with Crippen LogP contribution in [0.1, 0.15) is 56.6 Å². The van der Waals surface area contributed by atoms with E-state index < -0.39 is 0 Å². The van der Waals surface area contributed by atoms with Gasteiger partial charge in [-0.15, -0.1) is 0 Å². The average Bonchev–Trinajstić information content (AvgIpc) is 2.55. The molecule has 0 atom stereocenters. The van der Waals surface area contributed by atoms with Gasteiger partial charge in [-0.1, -0.05) is 37.6 Å². The molecule has 3 N–H and O–H groups in total. The second-order valence-corrected chi connectivity index (χ2v) is 6.67. The van der Waals surface area contributed by atoms with Crippen LogP contribution in [0.15, 0.2) is 24.3 Å². The van der Waals surface area contributed by atoms with E-state index in [4.69, 9.17) is 5.73 Å². The summed E-state index contributed by atoms with van der Waals surface area (Å²) in [6.07, 6.45) is 9.15. The summed E-state index contributed by atoms with van der Waals surface area (Å²) in [4.78, 5) is 0. The second kappa shape index (κ2) is 9.22. The number of hydrogen-bond acceptors (Lipinski definition) is 2. The van der Waals surface area contributed by atoms with Gasteiger partial charge < -0.3 is 11.1 Å². The highest BCUT2D eigenvalue weighted by atomic mass is 14.9. The normalized spacial score (nSPS) is 22.4. The first-order valence-corrected chi connectivity index (χ1v) is 8.80. The largest absolute Gasteiger partial charge is 0.330 e. The molecule has 1 aliphatic rings. The summed E-state index contributed by atoms with van der Waals surface area (Å²) < 4.78 is 0. The fourth-order valence-corrected chi connectivity index (χ4v) is 3.30. The first-order chi connectivity index (χ1) is 10.3. The molecule has 21 heavy (non-hydrogen) atoms. The molecule has 118 valence electrons. The molecular formula is C19H32N2. The van der Waals surface area contributed by atoms with Crippen LogP contribution in [-0.4, -0.2) is 13.1 Å². The van der Waals surface area contributed by atoms with E-state index in [0.29, 0.717) is 0 Å². The minimum absolute atomic E-state index is 0.789. The van der Waals surface area contributed by atoms with Gasteiger partial charge in [0.1, 0.15) is 0 Å². The van der Waals surface area contributed by atoms with Crippen LogP contribution in [0, 0.1) is 11.8 Å². The van der Waals surface area contributed by atoms with Crippen LogP contribution in [0.25, 0.3) is 0 Å². The Morgan fingerprint density at radius 1 is 1.00 bits per heavy atom. The Hall–Kier alpha value is -0.860. The molecule has 0 aliphatic heterocycles. The highest BCUT2D eigenvalue weighted by Gasteiger charge is 2.19. The highest BCUT2D eigenvalue weighted by molar-refractivity contribution is 5.22. The van der Waals surface area contributed by atoms with Gasteiger partial charge in [0.25, 0.3) is 0 Å². The molecule has 0 bridgehead atoms. The molecule has 1 aromatic carbocycles. The van der Waals surface area contributed by atoms with Crippen LogP contribution in [-0.2, 0) is 13.0 Å². The first kappa shape index (κ1) is 16.5. The number of rotatable bonds is 8. The van der Waals surface area contributed by atoms with Crippen molar-refractivity contribution in [3.63, 3.8) is 0 Å². The van der Waals surface area contributed by atoms with Crippen LogP contribution in [0.5, 0.6) is 0 Å². The Balaban J connectivity index is 1.64.